The number of alkyl halides is 3. The summed E-state index contributed by atoms with van der Waals surface area (Å²) >= 11 is 5.49. The van der Waals surface area contributed by atoms with Crippen LogP contribution in [0.4, 0.5) is 13.2 Å². The molecule has 7 heteroatoms. The third-order valence-corrected chi connectivity index (χ3v) is 2.03. The molecule has 0 unspecified atom stereocenters. The summed E-state index contributed by atoms with van der Waals surface area (Å²) < 4.78 is 37.8. The molecule has 0 atom stereocenters. The Balaban J connectivity index is 3.45. The van der Waals surface area contributed by atoms with Crippen LogP contribution < -0.4 is 0 Å². The van der Waals surface area contributed by atoms with Gasteiger partial charge in [0.2, 0.25) is 0 Å². The van der Waals surface area contributed by atoms with Crippen molar-refractivity contribution in [2.45, 2.75) is 13.1 Å². The summed E-state index contributed by atoms with van der Waals surface area (Å²) in [6, 6.07) is 0. The number of aryl methyl sites for hydroxylation is 1. The minimum atomic E-state index is -4.66. The molecular formula is C7H6ClF3N2O. The summed E-state index contributed by atoms with van der Waals surface area (Å²) in [5.74, 6) is -0.754. The normalized spacial score (nSPS) is 11.9. The summed E-state index contributed by atoms with van der Waals surface area (Å²) in [5, 5.41) is 2.84. The third-order valence-electron chi connectivity index (χ3n) is 1.60. The van der Waals surface area contributed by atoms with Crippen molar-refractivity contribution in [3.05, 3.63) is 16.4 Å². The minimum Gasteiger partial charge on any atom is -0.294 e. The predicted molar refractivity (Wildman–Crippen MR) is 43.2 cm³/mol. The van der Waals surface area contributed by atoms with Gasteiger partial charge in [0.05, 0.1) is 5.56 Å². The minimum absolute atomic E-state index is 0.301. The van der Waals surface area contributed by atoms with Crippen LogP contribution >= 0.6 is 11.6 Å². The Bertz CT molecular complexity index is 383. The van der Waals surface area contributed by atoms with Crippen LogP contribution in [0.5, 0.6) is 0 Å². The van der Waals surface area contributed by atoms with E-state index in [2.05, 4.69) is 5.10 Å². The molecule has 0 saturated carbocycles. The molecule has 0 N–H and O–H groups in total. The fourth-order valence-corrected chi connectivity index (χ4v) is 1.27. The molecule has 0 amide bonds. The number of carbonyl (C=O) groups is 1. The molecule has 0 aromatic carbocycles. The number of hydrogen-bond donors (Lipinski definition) is 0. The Morgan fingerprint density at radius 1 is 1.50 bits per heavy atom. The number of hydrogen-bond acceptors (Lipinski definition) is 2. The van der Waals surface area contributed by atoms with E-state index >= 15 is 0 Å². The maximum absolute atomic E-state index is 12.3. The van der Waals surface area contributed by atoms with Crippen molar-refractivity contribution in [3.8, 4) is 0 Å². The summed E-state index contributed by atoms with van der Waals surface area (Å²) in [6.07, 6.45) is -4.66. The first-order chi connectivity index (χ1) is 6.25. The number of halogens is 4. The Labute approximate surface area is 82.5 Å². The van der Waals surface area contributed by atoms with E-state index < -0.39 is 23.2 Å². The SMILES string of the molecule is CC(=O)c1c(C(F)(F)F)nn(C)c1Cl. The lowest BCUT2D eigenvalue weighted by Gasteiger charge is -2.02. The number of ketones is 1. The second kappa shape index (κ2) is 3.27. The van der Waals surface area contributed by atoms with E-state index in [9.17, 15) is 18.0 Å². The summed E-state index contributed by atoms with van der Waals surface area (Å²) in [5.41, 5.74) is -1.82. The summed E-state index contributed by atoms with van der Waals surface area (Å²) in [7, 11) is 1.24. The van der Waals surface area contributed by atoms with E-state index in [-0.39, 0.29) is 5.15 Å². The van der Waals surface area contributed by atoms with E-state index in [0.29, 0.717) is 0 Å². The van der Waals surface area contributed by atoms with Crippen LogP contribution in [0.2, 0.25) is 5.15 Å². The number of aromatic nitrogens is 2. The maximum Gasteiger partial charge on any atom is 0.435 e. The van der Waals surface area contributed by atoms with Gasteiger partial charge < -0.3 is 0 Å². The van der Waals surface area contributed by atoms with Crippen molar-refractivity contribution in [3.63, 3.8) is 0 Å². The van der Waals surface area contributed by atoms with Gasteiger partial charge >= 0.3 is 6.18 Å². The lowest BCUT2D eigenvalue weighted by Crippen LogP contribution is -2.11. The van der Waals surface area contributed by atoms with E-state index in [1.807, 2.05) is 0 Å². The van der Waals surface area contributed by atoms with Crippen LogP contribution in [0.25, 0.3) is 0 Å². The van der Waals surface area contributed by atoms with Gasteiger partial charge in [-0.15, -0.1) is 0 Å². The molecular weight excluding hydrogens is 221 g/mol. The fraction of sp³-hybridized carbons (Fsp3) is 0.429. The van der Waals surface area contributed by atoms with Crippen molar-refractivity contribution in [2.75, 3.05) is 0 Å². The van der Waals surface area contributed by atoms with Gasteiger partial charge in [-0.05, 0) is 6.92 Å². The maximum atomic E-state index is 12.3. The molecule has 78 valence electrons. The standard InChI is InChI=1S/C7H6ClF3N2O/c1-3(14)4-5(7(9,10)11)12-13(2)6(4)8/h1-2H3. The quantitative estimate of drug-likeness (QED) is 0.689. The van der Waals surface area contributed by atoms with Gasteiger partial charge in [-0.1, -0.05) is 11.6 Å². The lowest BCUT2D eigenvalue weighted by molar-refractivity contribution is -0.141. The molecule has 3 nitrogen and oxygen atoms in total. The number of nitrogens with zero attached hydrogens (tertiary/aromatic N) is 2. The van der Waals surface area contributed by atoms with E-state index in [1.54, 1.807) is 0 Å². The molecule has 0 aliphatic carbocycles. The molecule has 0 spiro atoms. The van der Waals surface area contributed by atoms with Crippen LogP contribution in [0.3, 0.4) is 0 Å². The zero-order valence-corrected chi connectivity index (χ0v) is 8.07. The highest BCUT2D eigenvalue weighted by Crippen LogP contribution is 2.34. The van der Waals surface area contributed by atoms with E-state index in [0.717, 1.165) is 11.6 Å². The highest BCUT2D eigenvalue weighted by Gasteiger charge is 2.39. The van der Waals surface area contributed by atoms with Crippen molar-refractivity contribution < 1.29 is 18.0 Å². The Kier molecular flexibility index (Phi) is 2.58. The van der Waals surface area contributed by atoms with Gasteiger partial charge in [-0.3, -0.25) is 9.48 Å². The first-order valence-corrected chi connectivity index (χ1v) is 3.93. The Morgan fingerprint density at radius 3 is 2.29 bits per heavy atom. The second-order valence-electron chi connectivity index (χ2n) is 2.69. The van der Waals surface area contributed by atoms with Crippen LogP contribution in [0.15, 0.2) is 0 Å². The van der Waals surface area contributed by atoms with Gasteiger partial charge in [0.15, 0.2) is 11.5 Å². The molecule has 1 aromatic heterocycles. The Morgan fingerprint density at radius 2 is 2.00 bits per heavy atom. The predicted octanol–water partition coefficient (Wildman–Crippen LogP) is 2.29. The molecule has 0 aliphatic rings. The van der Waals surface area contributed by atoms with Crippen LogP contribution in [-0.2, 0) is 13.2 Å². The first kappa shape index (κ1) is 11.0. The molecule has 0 fully saturated rings. The molecule has 0 aliphatic heterocycles. The number of rotatable bonds is 1. The monoisotopic (exact) mass is 226 g/mol. The molecule has 0 bridgehead atoms. The number of Topliss-reactive ketones (excluding diaryl/α,β-unsaturated/α-hetero) is 1. The van der Waals surface area contributed by atoms with Gasteiger partial charge in [0.1, 0.15) is 5.15 Å². The molecule has 0 saturated heterocycles. The van der Waals surface area contributed by atoms with Gasteiger partial charge in [-0.25, -0.2) is 0 Å². The topological polar surface area (TPSA) is 34.9 Å². The van der Waals surface area contributed by atoms with Crippen LogP contribution in [0.1, 0.15) is 23.0 Å². The second-order valence-corrected chi connectivity index (χ2v) is 3.05. The van der Waals surface area contributed by atoms with E-state index in [4.69, 9.17) is 11.6 Å². The molecule has 14 heavy (non-hydrogen) atoms. The molecule has 0 radical (unpaired) electrons. The summed E-state index contributed by atoms with van der Waals surface area (Å²) in [4.78, 5) is 10.9. The van der Waals surface area contributed by atoms with Crippen LogP contribution in [0, 0.1) is 0 Å². The van der Waals surface area contributed by atoms with Crippen molar-refractivity contribution in [1.82, 2.24) is 9.78 Å². The van der Waals surface area contributed by atoms with Crippen LogP contribution in [-0.4, -0.2) is 15.6 Å². The van der Waals surface area contributed by atoms with Gasteiger partial charge in [-0.2, -0.15) is 18.3 Å². The van der Waals surface area contributed by atoms with Crippen molar-refractivity contribution >= 4 is 17.4 Å². The zero-order valence-electron chi connectivity index (χ0n) is 7.31. The average Bonchev–Trinajstić information content (AvgIpc) is 2.27. The molecule has 1 heterocycles. The van der Waals surface area contributed by atoms with Gasteiger partial charge in [0.25, 0.3) is 0 Å². The van der Waals surface area contributed by atoms with Gasteiger partial charge in [0, 0.05) is 7.05 Å². The third kappa shape index (κ3) is 1.75. The average molecular weight is 227 g/mol. The molecule has 1 rings (SSSR count). The number of carbonyl (C=O) groups excluding carboxylic acids is 1. The first-order valence-electron chi connectivity index (χ1n) is 3.55. The lowest BCUT2D eigenvalue weighted by atomic mass is 10.2. The van der Waals surface area contributed by atoms with Crippen molar-refractivity contribution in [2.24, 2.45) is 7.05 Å². The van der Waals surface area contributed by atoms with E-state index in [1.165, 1.54) is 7.05 Å². The fourth-order valence-electron chi connectivity index (χ4n) is 1.01. The highest BCUT2D eigenvalue weighted by molar-refractivity contribution is 6.33. The van der Waals surface area contributed by atoms with Crippen molar-refractivity contribution in [1.29, 1.82) is 0 Å². The highest BCUT2D eigenvalue weighted by atomic mass is 35.5. The Hall–Kier alpha value is -1.04. The summed E-state index contributed by atoms with van der Waals surface area (Å²) in [6.45, 7) is 1.01. The zero-order chi connectivity index (χ0) is 11.1. The largest absolute Gasteiger partial charge is 0.435 e. The smallest absolute Gasteiger partial charge is 0.294 e. The molecule has 1 aromatic rings.